The number of rotatable bonds is 7. The molecular formula is C20H37N3. The first kappa shape index (κ1) is 18.5. The van der Waals surface area contributed by atoms with Crippen molar-refractivity contribution in [3.05, 3.63) is 23.4 Å². The summed E-state index contributed by atoms with van der Waals surface area (Å²) in [6, 6.07) is 1.17. The first-order chi connectivity index (χ1) is 11.0. The molecule has 0 bridgehead atoms. The average molecular weight is 320 g/mol. The lowest BCUT2D eigenvalue weighted by Crippen LogP contribution is -2.57. The summed E-state index contributed by atoms with van der Waals surface area (Å²) < 4.78 is 0. The Morgan fingerprint density at radius 2 is 2.13 bits per heavy atom. The number of unbranched alkanes of at least 4 members (excludes halogenated alkanes) is 1. The molecule has 2 heterocycles. The third-order valence-corrected chi connectivity index (χ3v) is 5.28. The minimum absolute atomic E-state index is 0.285. The molecule has 2 N–H and O–H groups in total. The van der Waals surface area contributed by atoms with Crippen molar-refractivity contribution >= 4 is 0 Å². The fraction of sp³-hybridized carbons (Fsp3) is 0.800. The molecule has 0 spiro atoms. The van der Waals surface area contributed by atoms with E-state index in [9.17, 15) is 0 Å². The van der Waals surface area contributed by atoms with Gasteiger partial charge >= 0.3 is 0 Å². The van der Waals surface area contributed by atoms with Crippen LogP contribution >= 0.6 is 0 Å². The molecular weight excluding hydrogens is 282 g/mol. The zero-order valence-electron chi connectivity index (χ0n) is 15.8. The van der Waals surface area contributed by atoms with Gasteiger partial charge in [0.15, 0.2) is 0 Å². The number of allylic oxidation sites excluding steroid dienone is 1. The van der Waals surface area contributed by atoms with Crippen molar-refractivity contribution in [3.63, 3.8) is 0 Å². The van der Waals surface area contributed by atoms with Crippen molar-refractivity contribution in [1.29, 1.82) is 0 Å². The molecule has 0 aromatic rings. The zero-order valence-corrected chi connectivity index (χ0v) is 15.8. The van der Waals surface area contributed by atoms with Gasteiger partial charge in [-0.15, -0.1) is 6.58 Å². The Hall–Kier alpha value is -0.800. The molecule has 1 saturated heterocycles. The lowest BCUT2D eigenvalue weighted by molar-refractivity contribution is 0.121. The van der Waals surface area contributed by atoms with Crippen LogP contribution in [-0.2, 0) is 0 Å². The van der Waals surface area contributed by atoms with E-state index in [0.717, 1.165) is 6.42 Å². The molecule has 2 rings (SSSR count). The molecule has 3 heteroatoms. The summed E-state index contributed by atoms with van der Waals surface area (Å²) >= 11 is 0. The second-order valence-corrected chi connectivity index (χ2v) is 7.55. The van der Waals surface area contributed by atoms with Crippen LogP contribution in [0.25, 0.3) is 0 Å². The Kier molecular flexibility index (Phi) is 7.16. The first-order valence-corrected chi connectivity index (χ1v) is 9.68. The van der Waals surface area contributed by atoms with E-state index in [1.54, 1.807) is 5.57 Å². The summed E-state index contributed by atoms with van der Waals surface area (Å²) in [5.41, 5.74) is 4.44. The van der Waals surface area contributed by atoms with Gasteiger partial charge in [-0.3, -0.25) is 10.2 Å². The summed E-state index contributed by atoms with van der Waals surface area (Å²) in [5.74, 6) is 0. The molecule has 0 aromatic heterocycles. The van der Waals surface area contributed by atoms with Gasteiger partial charge in [0.1, 0.15) is 6.29 Å². The molecule has 132 valence electrons. The van der Waals surface area contributed by atoms with Gasteiger partial charge in [0.25, 0.3) is 0 Å². The molecule has 0 aromatic carbocycles. The van der Waals surface area contributed by atoms with Gasteiger partial charge in [-0.1, -0.05) is 25.8 Å². The maximum absolute atomic E-state index is 4.14. The normalized spacial score (nSPS) is 29.5. The molecule has 0 amide bonds. The number of nitrogens with zero attached hydrogens (tertiary/aromatic N) is 1. The third kappa shape index (κ3) is 5.09. The van der Waals surface area contributed by atoms with E-state index >= 15 is 0 Å². The smallest absolute Gasteiger partial charge is 0.135 e. The van der Waals surface area contributed by atoms with E-state index < -0.39 is 0 Å². The van der Waals surface area contributed by atoms with Crippen molar-refractivity contribution in [3.8, 4) is 0 Å². The van der Waals surface area contributed by atoms with Crippen LogP contribution < -0.4 is 10.6 Å². The fourth-order valence-corrected chi connectivity index (χ4v) is 4.09. The average Bonchev–Trinajstić information content (AvgIpc) is 2.88. The van der Waals surface area contributed by atoms with Crippen molar-refractivity contribution in [1.82, 2.24) is 15.5 Å². The van der Waals surface area contributed by atoms with Gasteiger partial charge in [-0.25, -0.2) is 0 Å². The maximum Gasteiger partial charge on any atom is 0.135 e. The Bertz CT molecular complexity index is 427. The monoisotopic (exact) mass is 319 g/mol. The Balaban J connectivity index is 2.14. The highest BCUT2D eigenvalue weighted by Crippen LogP contribution is 2.27. The zero-order chi connectivity index (χ0) is 16.8. The van der Waals surface area contributed by atoms with Gasteiger partial charge in [0, 0.05) is 24.3 Å². The van der Waals surface area contributed by atoms with Crippen LogP contribution in [0.15, 0.2) is 23.4 Å². The summed E-state index contributed by atoms with van der Waals surface area (Å²) in [5, 5.41) is 7.73. The number of likely N-dealkylation sites (tertiary alicyclic amines) is 1. The number of hydrogen-bond donors (Lipinski definition) is 2. The third-order valence-electron chi connectivity index (χ3n) is 5.28. The van der Waals surface area contributed by atoms with E-state index in [1.807, 2.05) is 0 Å². The molecule has 0 aliphatic carbocycles. The predicted octanol–water partition coefficient (Wildman–Crippen LogP) is 4.53. The molecule has 3 nitrogen and oxygen atoms in total. The van der Waals surface area contributed by atoms with Crippen LogP contribution in [-0.4, -0.2) is 29.8 Å². The van der Waals surface area contributed by atoms with Gasteiger partial charge in [0.05, 0.1) is 0 Å². The SMILES string of the molecule is C=C(C)CC1CCCN1C1NC(CCCC)=C(CC)CC(C)N1. The molecule has 3 atom stereocenters. The maximum atomic E-state index is 4.14. The van der Waals surface area contributed by atoms with Gasteiger partial charge in [0.2, 0.25) is 0 Å². The Morgan fingerprint density at radius 3 is 2.78 bits per heavy atom. The van der Waals surface area contributed by atoms with E-state index in [4.69, 9.17) is 0 Å². The minimum Gasteiger partial charge on any atom is -0.361 e. The Labute approximate surface area is 143 Å². The van der Waals surface area contributed by atoms with Crippen molar-refractivity contribution in [2.45, 2.75) is 97.4 Å². The van der Waals surface area contributed by atoms with Crippen LogP contribution in [0.3, 0.4) is 0 Å². The first-order valence-electron chi connectivity index (χ1n) is 9.68. The van der Waals surface area contributed by atoms with Crippen LogP contribution in [0.2, 0.25) is 0 Å². The standard InChI is InChI=1S/C20H37N3/c1-6-8-11-19-17(7-2)14-16(5)21-20(22-19)23-12-9-10-18(23)13-15(3)4/h16,18,20-22H,3,6-14H2,1-2,4-5H3. The van der Waals surface area contributed by atoms with Gasteiger partial charge < -0.3 is 5.32 Å². The largest absolute Gasteiger partial charge is 0.361 e. The van der Waals surface area contributed by atoms with Gasteiger partial charge in [-0.2, -0.15) is 0 Å². The molecule has 0 saturated carbocycles. The fourth-order valence-electron chi connectivity index (χ4n) is 4.09. The molecule has 2 aliphatic rings. The molecule has 2 aliphatic heterocycles. The molecule has 1 fully saturated rings. The summed E-state index contributed by atoms with van der Waals surface area (Å²) in [7, 11) is 0. The van der Waals surface area contributed by atoms with E-state index in [1.165, 1.54) is 62.8 Å². The quantitative estimate of drug-likeness (QED) is 0.675. The van der Waals surface area contributed by atoms with E-state index in [-0.39, 0.29) is 6.29 Å². The second kappa shape index (κ2) is 8.89. The summed E-state index contributed by atoms with van der Waals surface area (Å²) in [6.45, 7) is 14.4. The van der Waals surface area contributed by atoms with Crippen molar-refractivity contribution in [2.24, 2.45) is 0 Å². The highest BCUT2D eigenvalue weighted by atomic mass is 15.4. The van der Waals surface area contributed by atoms with Crippen molar-refractivity contribution < 1.29 is 0 Å². The minimum atomic E-state index is 0.285. The van der Waals surface area contributed by atoms with Crippen LogP contribution in [0.1, 0.15) is 79.1 Å². The highest BCUT2D eigenvalue weighted by Gasteiger charge is 2.33. The Morgan fingerprint density at radius 1 is 1.35 bits per heavy atom. The van der Waals surface area contributed by atoms with E-state index in [0.29, 0.717) is 12.1 Å². The topological polar surface area (TPSA) is 27.3 Å². The van der Waals surface area contributed by atoms with E-state index in [2.05, 4.69) is 49.8 Å². The highest BCUT2D eigenvalue weighted by molar-refractivity contribution is 5.17. The van der Waals surface area contributed by atoms with Crippen LogP contribution in [0.4, 0.5) is 0 Å². The summed E-state index contributed by atoms with van der Waals surface area (Å²) in [4.78, 5) is 2.65. The predicted molar refractivity (Wildman–Crippen MR) is 100 cm³/mol. The molecule has 0 radical (unpaired) electrons. The second-order valence-electron chi connectivity index (χ2n) is 7.55. The lowest BCUT2D eigenvalue weighted by atomic mass is 10.0. The van der Waals surface area contributed by atoms with Gasteiger partial charge in [-0.05, 0) is 64.4 Å². The number of nitrogens with one attached hydrogen (secondary N) is 2. The molecule has 23 heavy (non-hydrogen) atoms. The van der Waals surface area contributed by atoms with Crippen LogP contribution in [0.5, 0.6) is 0 Å². The van der Waals surface area contributed by atoms with Crippen LogP contribution in [0, 0.1) is 0 Å². The number of hydrogen-bond acceptors (Lipinski definition) is 3. The molecule has 3 unspecified atom stereocenters. The summed E-state index contributed by atoms with van der Waals surface area (Å²) in [6.07, 6.45) is 10.1. The van der Waals surface area contributed by atoms with Crippen molar-refractivity contribution in [2.75, 3.05) is 6.54 Å². The lowest BCUT2D eigenvalue weighted by Gasteiger charge is -2.36.